The molecule has 0 amide bonds. The molecule has 2 N–H and O–H groups in total. The monoisotopic (exact) mass is 395 g/mol. The molecule has 2 aromatic rings. The second kappa shape index (κ2) is 7.65. The molecule has 0 unspecified atom stereocenters. The van der Waals surface area contributed by atoms with Gasteiger partial charge >= 0.3 is 0 Å². The van der Waals surface area contributed by atoms with Crippen LogP contribution in [0.4, 0.5) is 15.9 Å². The van der Waals surface area contributed by atoms with Gasteiger partial charge in [0.2, 0.25) is 0 Å². The van der Waals surface area contributed by atoms with Crippen LogP contribution in [0, 0.1) is 0 Å². The molecule has 1 atom stereocenters. The normalized spacial score (nSPS) is 22.1. The zero-order valence-electron chi connectivity index (χ0n) is 17.2. The number of halogens is 1. The lowest BCUT2D eigenvalue weighted by molar-refractivity contribution is 0.326. The molecule has 1 spiro atoms. The van der Waals surface area contributed by atoms with E-state index in [1.807, 2.05) is 0 Å². The van der Waals surface area contributed by atoms with Gasteiger partial charge in [0.15, 0.2) is 0 Å². The highest BCUT2D eigenvalue weighted by Crippen LogP contribution is 2.51. The van der Waals surface area contributed by atoms with Gasteiger partial charge in [-0.25, -0.2) is 14.4 Å². The predicted molar refractivity (Wildman–Crippen MR) is 114 cm³/mol. The summed E-state index contributed by atoms with van der Waals surface area (Å²) < 4.78 is 12.7. The van der Waals surface area contributed by atoms with Crippen LogP contribution in [0.5, 0.6) is 0 Å². The van der Waals surface area contributed by atoms with Crippen LogP contribution in [0.25, 0.3) is 0 Å². The fourth-order valence-corrected chi connectivity index (χ4v) is 5.67. The minimum Gasteiger partial charge on any atom is -0.325 e. The Bertz CT molecular complexity index is 893. The first-order valence-electron chi connectivity index (χ1n) is 10.9. The molecule has 2 aliphatic heterocycles. The van der Waals surface area contributed by atoms with E-state index in [0.717, 1.165) is 51.1 Å². The summed E-state index contributed by atoms with van der Waals surface area (Å²) >= 11 is 0. The van der Waals surface area contributed by atoms with Crippen molar-refractivity contribution in [3.8, 4) is 0 Å². The summed E-state index contributed by atoms with van der Waals surface area (Å²) in [7, 11) is 0. The first-order valence-corrected chi connectivity index (χ1v) is 10.9. The van der Waals surface area contributed by atoms with Crippen molar-refractivity contribution in [2.45, 2.75) is 50.5 Å². The molecular weight excluding hydrogens is 365 g/mol. The summed E-state index contributed by atoms with van der Waals surface area (Å²) in [5.41, 5.74) is 6.73. The van der Waals surface area contributed by atoms with Gasteiger partial charge in [-0.15, -0.1) is 0 Å². The molecule has 5 nitrogen and oxygen atoms in total. The zero-order chi connectivity index (χ0) is 19.8. The summed E-state index contributed by atoms with van der Waals surface area (Å²) in [5.74, 6) is 1.61. The van der Waals surface area contributed by atoms with Crippen molar-refractivity contribution < 1.29 is 4.39 Å². The van der Waals surface area contributed by atoms with Gasteiger partial charge in [-0.1, -0.05) is 19.1 Å². The van der Waals surface area contributed by atoms with Crippen LogP contribution < -0.4 is 15.5 Å². The SMILES string of the molecule is C[C@@H]1CCc2ncnc(N3CC4(CCNCC4)c4c(CNCCF)cccc43)c21. The molecule has 0 bridgehead atoms. The van der Waals surface area contributed by atoms with Gasteiger partial charge in [0.25, 0.3) is 0 Å². The molecule has 154 valence electrons. The van der Waals surface area contributed by atoms with Crippen molar-refractivity contribution in [3.05, 3.63) is 46.9 Å². The Hall–Kier alpha value is -2.05. The fraction of sp³-hybridized carbons (Fsp3) is 0.565. The van der Waals surface area contributed by atoms with Gasteiger partial charge in [-0.2, -0.15) is 0 Å². The number of rotatable bonds is 5. The number of anilines is 2. The summed E-state index contributed by atoms with van der Waals surface area (Å²) in [4.78, 5) is 11.8. The molecule has 29 heavy (non-hydrogen) atoms. The van der Waals surface area contributed by atoms with Crippen LogP contribution in [0.3, 0.4) is 0 Å². The van der Waals surface area contributed by atoms with Crippen molar-refractivity contribution in [3.63, 3.8) is 0 Å². The molecule has 3 aliphatic rings. The maximum Gasteiger partial charge on any atom is 0.140 e. The Kier molecular flexibility index (Phi) is 5.00. The van der Waals surface area contributed by atoms with E-state index in [1.54, 1.807) is 6.33 Å². The highest BCUT2D eigenvalue weighted by atomic mass is 19.1. The van der Waals surface area contributed by atoms with Crippen LogP contribution in [0.2, 0.25) is 0 Å². The number of aryl methyl sites for hydroxylation is 1. The molecule has 0 saturated carbocycles. The zero-order valence-corrected chi connectivity index (χ0v) is 17.2. The third-order valence-corrected chi connectivity index (χ3v) is 7.07. The van der Waals surface area contributed by atoms with E-state index in [9.17, 15) is 4.39 Å². The molecule has 1 aromatic carbocycles. The Balaban J connectivity index is 1.61. The second-order valence-electron chi connectivity index (χ2n) is 8.79. The lowest BCUT2D eigenvalue weighted by atomic mass is 9.73. The van der Waals surface area contributed by atoms with Crippen molar-refractivity contribution in [1.82, 2.24) is 20.6 Å². The highest BCUT2D eigenvalue weighted by Gasteiger charge is 2.46. The van der Waals surface area contributed by atoms with Crippen molar-refractivity contribution in [2.75, 3.05) is 37.8 Å². The van der Waals surface area contributed by atoms with Crippen LogP contribution in [-0.4, -0.2) is 42.8 Å². The summed E-state index contributed by atoms with van der Waals surface area (Å²) in [6, 6.07) is 6.60. The third kappa shape index (κ3) is 3.13. The van der Waals surface area contributed by atoms with Gasteiger partial charge in [-0.05, 0) is 61.9 Å². The summed E-state index contributed by atoms with van der Waals surface area (Å²) in [6.45, 7) is 6.14. The molecule has 1 aromatic heterocycles. The quantitative estimate of drug-likeness (QED) is 0.761. The number of fused-ring (bicyclic) bond motifs is 3. The Morgan fingerprint density at radius 2 is 2.14 bits per heavy atom. The molecule has 3 heterocycles. The molecule has 5 rings (SSSR count). The number of nitrogens with zero attached hydrogens (tertiary/aromatic N) is 3. The minimum absolute atomic E-state index is 0.133. The van der Waals surface area contributed by atoms with Crippen LogP contribution in [0.1, 0.15) is 54.5 Å². The lowest BCUT2D eigenvalue weighted by Crippen LogP contribution is -2.43. The van der Waals surface area contributed by atoms with E-state index in [-0.39, 0.29) is 12.1 Å². The van der Waals surface area contributed by atoms with E-state index in [1.165, 1.54) is 28.1 Å². The van der Waals surface area contributed by atoms with Gasteiger partial charge in [0.1, 0.15) is 18.8 Å². The number of aromatic nitrogens is 2. The maximum atomic E-state index is 12.7. The van der Waals surface area contributed by atoms with Crippen molar-refractivity contribution in [2.24, 2.45) is 0 Å². The first-order chi connectivity index (χ1) is 14.2. The van der Waals surface area contributed by atoms with Crippen molar-refractivity contribution >= 4 is 11.5 Å². The summed E-state index contributed by atoms with van der Waals surface area (Å²) in [6.07, 6.45) is 6.20. The molecule has 1 saturated heterocycles. The van der Waals surface area contributed by atoms with Crippen LogP contribution >= 0.6 is 0 Å². The van der Waals surface area contributed by atoms with E-state index in [2.05, 4.69) is 45.6 Å². The van der Waals surface area contributed by atoms with E-state index in [4.69, 9.17) is 4.98 Å². The minimum atomic E-state index is -0.332. The van der Waals surface area contributed by atoms with E-state index in [0.29, 0.717) is 19.0 Å². The smallest absolute Gasteiger partial charge is 0.140 e. The lowest BCUT2D eigenvalue weighted by Gasteiger charge is -2.36. The maximum absolute atomic E-state index is 12.7. The first kappa shape index (κ1) is 18.9. The molecule has 6 heteroatoms. The molecule has 1 aliphatic carbocycles. The molecule has 0 radical (unpaired) electrons. The van der Waals surface area contributed by atoms with Gasteiger partial charge in [-0.3, -0.25) is 0 Å². The van der Waals surface area contributed by atoms with Gasteiger partial charge in [0.05, 0.1) is 0 Å². The topological polar surface area (TPSA) is 53.1 Å². The largest absolute Gasteiger partial charge is 0.325 e. The Morgan fingerprint density at radius 1 is 1.28 bits per heavy atom. The predicted octanol–water partition coefficient (Wildman–Crippen LogP) is 3.36. The number of hydrogen-bond donors (Lipinski definition) is 2. The van der Waals surface area contributed by atoms with Gasteiger partial charge in [0, 0.05) is 42.0 Å². The average molecular weight is 396 g/mol. The van der Waals surface area contributed by atoms with E-state index < -0.39 is 0 Å². The number of piperidine rings is 1. The Labute approximate surface area is 172 Å². The molecular formula is C23H30FN5. The number of nitrogens with one attached hydrogen (secondary N) is 2. The van der Waals surface area contributed by atoms with Gasteiger partial charge < -0.3 is 15.5 Å². The second-order valence-corrected chi connectivity index (χ2v) is 8.79. The fourth-order valence-electron chi connectivity index (χ4n) is 5.67. The summed E-state index contributed by atoms with van der Waals surface area (Å²) in [5, 5.41) is 6.80. The average Bonchev–Trinajstić information content (AvgIpc) is 3.28. The number of alkyl halides is 1. The van der Waals surface area contributed by atoms with Crippen molar-refractivity contribution in [1.29, 1.82) is 0 Å². The Morgan fingerprint density at radius 3 is 2.97 bits per heavy atom. The van der Waals surface area contributed by atoms with Crippen LogP contribution in [0.15, 0.2) is 24.5 Å². The standard InChI is InChI=1S/C23H30FN5/c1-16-5-6-18-20(16)22(28-15-27-18)29-14-23(7-10-25-11-8-23)21-17(13-26-12-9-24)3-2-4-19(21)29/h2-4,15-16,25-26H,5-14H2,1H3/t16-/m1/s1. The third-order valence-electron chi connectivity index (χ3n) is 7.07. The van der Waals surface area contributed by atoms with E-state index >= 15 is 0 Å². The van der Waals surface area contributed by atoms with Crippen LogP contribution in [-0.2, 0) is 18.4 Å². The molecule has 1 fully saturated rings. The number of benzene rings is 1. The number of hydrogen-bond acceptors (Lipinski definition) is 5. The highest BCUT2D eigenvalue weighted by molar-refractivity contribution is 5.75.